The van der Waals surface area contributed by atoms with E-state index in [0.717, 1.165) is 10.2 Å². The van der Waals surface area contributed by atoms with Crippen LogP contribution in [0.25, 0.3) is 0 Å². The van der Waals surface area contributed by atoms with E-state index in [4.69, 9.17) is 14.6 Å². The van der Waals surface area contributed by atoms with Crippen LogP contribution in [0, 0.1) is 0 Å². The Morgan fingerprint density at radius 2 is 2.33 bits per heavy atom. The third kappa shape index (κ3) is 3.44. The van der Waals surface area contributed by atoms with E-state index in [-0.39, 0.29) is 11.7 Å². The summed E-state index contributed by atoms with van der Waals surface area (Å²) in [7, 11) is 0. The minimum absolute atomic E-state index is 0.0322. The summed E-state index contributed by atoms with van der Waals surface area (Å²) < 4.78 is 11.5. The summed E-state index contributed by atoms with van der Waals surface area (Å²) in [6.45, 7) is 2.47. The number of anilines is 1. The molecule has 1 aliphatic rings. The Morgan fingerprint density at radius 3 is 2.94 bits per heavy atom. The van der Waals surface area contributed by atoms with E-state index in [0.29, 0.717) is 26.4 Å². The van der Waals surface area contributed by atoms with Gasteiger partial charge >= 0.3 is 5.97 Å². The van der Waals surface area contributed by atoms with E-state index in [1.807, 2.05) is 0 Å². The molecule has 0 aliphatic carbocycles. The van der Waals surface area contributed by atoms with Gasteiger partial charge in [-0.15, -0.1) is 0 Å². The Kier molecular flexibility index (Phi) is 4.57. The van der Waals surface area contributed by atoms with Crippen LogP contribution in [-0.4, -0.2) is 43.5 Å². The van der Waals surface area contributed by atoms with Gasteiger partial charge in [0.05, 0.1) is 31.5 Å². The van der Waals surface area contributed by atoms with Crippen LogP contribution in [0.3, 0.4) is 0 Å². The lowest BCUT2D eigenvalue weighted by molar-refractivity contribution is -0.0818. The van der Waals surface area contributed by atoms with Crippen molar-refractivity contribution >= 4 is 27.6 Å². The van der Waals surface area contributed by atoms with Crippen molar-refractivity contribution in [2.75, 3.05) is 31.7 Å². The Morgan fingerprint density at radius 1 is 1.50 bits per heavy atom. The van der Waals surface area contributed by atoms with Crippen LogP contribution in [0.4, 0.5) is 5.69 Å². The smallest absolute Gasteiger partial charge is 0.335 e. The molecule has 1 aliphatic heterocycles. The lowest BCUT2D eigenvalue weighted by atomic mass is 10.2. The van der Waals surface area contributed by atoms with Gasteiger partial charge in [-0.25, -0.2) is 4.79 Å². The molecule has 2 rings (SSSR count). The van der Waals surface area contributed by atoms with Crippen molar-refractivity contribution in [3.8, 4) is 0 Å². The molecule has 2 N–H and O–H groups in total. The number of carbonyl (C=O) groups is 1. The van der Waals surface area contributed by atoms with Crippen LogP contribution in [0.2, 0.25) is 0 Å². The third-order valence-electron chi connectivity index (χ3n) is 2.62. The first-order valence-electron chi connectivity index (χ1n) is 5.63. The third-order valence-corrected chi connectivity index (χ3v) is 3.28. The largest absolute Gasteiger partial charge is 0.478 e. The molecular weight excluding hydrogens is 302 g/mol. The van der Waals surface area contributed by atoms with Crippen LogP contribution in [0.5, 0.6) is 0 Å². The quantitative estimate of drug-likeness (QED) is 0.889. The molecule has 0 amide bonds. The van der Waals surface area contributed by atoms with Gasteiger partial charge in [0, 0.05) is 16.7 Å². The van der Waals surface area contributed by atoms with Gasteiger partial charge in [0.25, 0.3) is 0 Å². The number of halogens is 1. The molecule has 5 nitrogen and oxygen atoms in total. The first-order chi connectivity index (χ1) is 8.66. The fourth-order valence-electron chi connectivity index (χ4n) is 1.67. The molecule has 1 atom stereocenters. The molecular formula is C12H14BrNO4. The number of ether oxygens (including phenoxy) is 2. The second kappa shape index (κ2) is 6.17. The fourth-order valence-corrected chi connectivity index (χ4v) is 2.19. The molecule has 18 heavy (non-hydrogen) atoms. The number of benzene rings is 1. The molecule has 0 spiro atoms. The highest BCUT2D eigenvalue weighted by molar-refractivity contribution is 9.10. The predicted octanol–water partition coefficient (Wildman–Crippen LogP) is 1.97. The van der Waals surface area contributed by atoms with Crippen LogP contribution >= 0.6 is 15.9 Å². The lowest BCUT2D eigenvalue weighted by Crippen LogP contribution is -2.34. The minimum Gasteiger partial charge on any atom is -0.478 e. The van der Waals surface area contributed by atoms with E-state index in [1.54, 1.807) is 18.2 Å². The first kappa shape index (κ1) is 13.3. The van der Waals surface area contributed by atoms with Gasteiger partial charge in [0.2, 0.25) is 0 Å². The van der Waals surface area contributed by atoms with Crippen LogP contribution in [-0.2, 0) is 9.47 Å². The Labute approximate surface area is 113 Å². The van der Waals surface area contributed by atoms with Crippen molar-refractivity contribution < 1.29 is 19.4 Å². The normalized spacial score (nSPS) is 19.5. The number of aromatic carboxylic acids is 1. The summed E-state index contributed by atoms with van der Waals surface area (Å²) in [4.78, 5) is 10.8. The maximum Gasteiger partial charge on any atom is 0.335 e. The SMILES string of the molecule is O=C(O)c1ccc(NCC2COCCO2)c(Br)c1. The number of hydrogen-bond acceptors (Lipinski definition) is 4. The van der Waals surface area contributed by atoms with Gasteiger partial charge in [-0.05, 0) is 34.1 Å². The standard InChI is InChI=1S/C12H14BrNO4/c13-10-5-8(12(15)16)1-2-11(10)14-6-9-7-17-3-4-18-9/h1-2,5,9,14H,3-4,6-7H2,(H,15,16). The van der Waals surface area contributed by atoms with E-state index in [1.165, 1.54) is 0 Å². The molecule has 1 fully saturated rings. The van der Waals surface area contributed by atoms with Crippen molar-refractivity contribution in [1.29, 1.82) is 0 Å². The summed E-state index contributed by atoms with van der Waals surface area (Å²) >= 11 is 3.34. The van der Waals surface area contributed by atoms with Crippen LogP contribution in [0.15, 0.2) is 22.7 Å². The number of rotatable bonds is 4. The van der Waals surface area contributed by atoms with Crippen molar-refractivity contribution in [3.63, 3.8) is 0 Å². The maximum absolute atomic E-state index is 10.8. The Bertz CT molecular complexity index is 432. The molecule has 0 bridgehead atoms. The van der Waals surface area contributed by atoms with Gasteiger partial charge in [0.1, 0.15) is 0 Å². The number of hydrogen-bond donors (Lipinski definition) is 2. The van der Waals surface area contributed by atoms with E-state index >= 15 is 0 Å². The zero-order valence-electron chi connectivity index (χ0n) is 9.69. The average molecular weight is 316 g/mol. The second-order valence-corrected chi connectivity index (χ2v) is 4.80. The topological polar surface area (TPSA) is 67.8 Å². The molecule has 1 saturated heterocycles. The summed E-state index contributed by atoms with van der Waals surface area (Å²) in [5, 5.41) is 12.1. The summed E-state index contributed by atoms with van der Waals surface area (Å²) in [6.07, 6.45) is 0.0322. The Balaban J connectivity index is 1.94. The van der Waals surface area contributed by atoms with Crippen LogP contribution in [0.1, 0.15) is 10.4 Å². The van der Waals surface area contributed by atoms with Crippen molar-refractivity contribution in [2.45, 2.75) is 6.10 Å². The molecule has 1 aromatic carbocycles. The van der Waals surface area contributed by atoms with E-state index < -0.39 is 5.97 Å². The Hall–Kier alpha value is -1.11. The predicted molar refractivity (Wildman–Crippen MR) is 70.2 cm³/mol. The number of carboxylic acid groups (broad SMARTS) is 1. The zero-order valence-corrected chi connectivity index (χ0v) is 11.3. The first-order valence-corrected chi connectivity index (χ1v) is 6.42. The molecule has 1 aromatic rings. The summed E-state index contributed by atoms with van der Waals surface area (Å²) in [5.41, 5.74) is 1.10. The highest BCUT2D eigenvalue weighted by atomic mass is 79.9. The highest BCUT2D eigenvalue weighted by Gasteiger charge is 2.14. The second-order valence-electron chi connectivity index (χ2n) is 3.95. The van der Waals surface area contributed by atoms with Gasteiger partial charge in [-0.2, -0.15) is 0 Å². The van der Waals surface area contributed by atoms with Gasteiger partial charge in [0.15, 0.2) is 0 Å². The maximum atomic E-state index is 10.8. The van der Waals surface area contributed by atoms with Crippen molar-refractivity contribution in [2.24, 2.45) is 0 Å². The van der Waals surface area contributed by atoms with Crippen molar-refractivity contribution in [3.05, 3.63) is 28.2 Å². The zero-order chi connectivity index (χ0) is 13.0. The lowest BCUT2D eigenvalue weighted by Gasteiger charge is -2.23. The van der Waals surface area contributed by atoms with E-state index in [9.17, 15) is 4.79 Å². The van der Waals surface area contributed by atoms with Crippen molar-refractivity contribution in [1.82, 2.24) is 0 Å². The van der Waals surface area contributed by atoms with E-state index in [2.05, 4.69) is 21.2 Å². The molecule has 1 unspecified atom stereocenters. The minimum atomic E-state index is -0.939. The fraction of sp³-hybridized carbons (Fsp3) is 0.417. The van der Waals surface area contributed by atoms with Crippen LogP contribution < -0.4 is 5.32 Å². The molecule has 0 aromatic heterocycles. The van der Waals surface area contributed by atoms with Gasteiger partial charge in [-0.1, -0.05) is 0 Å². The number of carboxylic acids is 1. The molecule has 0 saturated carbocycles. The highest BCUT2D eigenvalue weighted by Crippen LogP contribution is 2.23. The molecule has 6 heteroatoms. The monoisotopic (exact) mass is 315 g/mol. The number of nitrogens with one attached hydrogen (secondary N) is 1. The van der Waals surface area contributed by atoms with Gasteiger partial charge in [-0.3, -0.25) is 0 Å². The molecule has 0 radical (unpaired) electrons. The average Bonchev–Trinajstić information content (AvgIpc) is 2.38. The summed E-state index contributed by atoms with van der Waals surface area (Å²) in [6, 6.07) is 4.87. The molecule has 98 valence electrons. The van der Waals surface area contributed by atoms with Gasteiger partial charge < -0.3 is 19.9 Å². The molecule has 1 heterocycles. The summed E-state index contributed by atoms with van der Waals surface area (Å²) in [5.74, 6) is -0.939.